The van der Waals surface area contributed by atoms with Crippen LogP contribution in [0, 0.1) is 9.81 Å². The summed E-state index contributed by atoms with van der Waals surface area (Å²) in [5, 5.41) is 5.33. The fraction of sp³-hybridized carbons (Fsp3) is 0.300. The van der Waals surface area contributed by atoms with Crippen LogP contribution in [-0.2, 0) is 6.42 Å². The average molecular weight is 350 g/mol. The number of hydrogen-bond donors (Lipinski definition) is 1. The molecule has 0 bridgehead atoms. The van der Waals surface area contributed by atoms with Gasteiger partial charge in [0.25, 0.3) is 0 Å². The summed E-state index contributed by atoms with van der Waals surface area (Å²) in [6.07, 6.45) is 0.831. The largest absolute Gasteiger partial charge is 0.324 e. The van der Waals surface area contributed by atoms with Gasteiger partial charge in [-0.25, -0.2) is 4.98 Å². The standard InChI is InChI=1S/C10H11IN2S2/c1-6-13-8(5-14-6)3-9(12)7-2-10(11)15-4-7/h2,4-5,9H,3,12H2,1H3. The lowest BCUT2D eigenvalue weighted by Crippen LogP contribution is -2.12. The van der Waals surface area contributed by atoms with Crippen molar-refractivity contribution < 1.29 is 0 Å². The molecule has 0 radical (unpaired) electrons. The molecular formula is C10H11IN2S2. The van der Waals surface area contributed by atoms with Crippen LogP contribution in [-0.4, -0.2) is 4.98 Å². The Kier molecular flexibility index (Phi) is 3.76. The van der Waals surface area contributed by atoms with Gasteiger partial charge >= 0.3 is 0 Å². The van der Waals surface area contributed by atoms with Crippen molar-refractivity contribution in [1.82, 2.24) is 4.98 Å². The first-order valence-electron chi connectivity index (χ1n) is 4.55. The molecule has 2 heterocycles. The second-order valence-corrected chi connectivity index (χ2v) is 7.22. The van der Waals surface area contributed by atoms with Gasteiger partial charge in [-0.1, -0.05) is 0 Å². The fourth-order valence-corrected chi connectivity index (χ4v) is 3.43. The molecule has 1 unspecified atom stereocenters. The van der Waals surface area contributed by atoms with Gasteiger partial charge in [-0.3, -0.25) is 0 Å². The van der Waals surface area contributed by atoms with Gasteiger partial charge in [-0.05, 0) is 46.5 Å². The number of thiazole rings is 1. The van der Waals surface area contributed by atoms with E-state index in [2.05, 4.69) is 44.4 Å². The maximum absolute atomic E-state index is 6.12. The van der Waals surface area contributed by atoms with Crippen molar-refractivity contribution in [3.63, 3.8) is 0 Å². The molecule has 0 amide bonds. The molecule has 0 saturated carbocycles. The third-order valence-electron chi connectivity index (χ3n) is 2.11. The number of thiophene rings is 1. The van der Waals surface area contributed by atoms with E-state index in [1.54, 1.807) is 22.7 Å². The molecule has 80 valence electrons. The molecule has 0 aliphatic rings. The molecule has 2 nitrogen and oxygen atoms in total. The van der Waals surface area contributed by atoms with Crippen molar-refractivity contribution in [3.8, 4) is 0 Å². The van der Waals surface area contributed by atoms with Crippen LogP contribution in [0.3, 0.4) is 0 Å². The number of hydrogen-bond acceptors (Lipinski definition) is 4. The van der Waals surface area contributed by atoms with Crippen LogP contribution < -0.4 is 5.73 Å². The second kappa shape index (κ2) is 4.90. The molecule has 0 aliphatic heterocycles. The Balaban J connectivity index is 2.06. The Labute approximate surface area is 111 Å². The van der Waals surface area contributed by atoms with Gasteiger partial charge in [0.05, 0.1) is 13.6 Å². The van der Waals surface area contributed by atoms with E-state index in [-0.39, 0.29) is 6.04 Å². The Bertz CT molecular complexity index is 450. The normalized spacial score (nSPS) is 13.0. The smallest absolute Gasteiger partial charge is 0.0897 e. The molecule has 0 fully saturated rings. The van der Waals surface area contributed by atoms with Gasteiger partial charge in [0.15, 0.2) is 0 Å². The van der Waals surface area contributed by atoms with E-state index in [4.69, 9.17) is 5.73 Å². The minimum Gasteiger partial charge on any atom is -0.324 e. The summed E-state index contributed by atoms with van der Waals surface area (Å²) < 4.78 is 1.28. The number of aromatic nitrogens is 1. The van der Waals surface area contributed by atoms with E-state index in [1.807, 2.05) is 6.92 Å². The molecule has 0 aliphatic carbocycles. The quantitative estimate of drug-likeness (QED) is 0.863. The molecule has 0 aromatic carbocycles. The van der Waals surface area contributed by atoms with Gasteiger partial charge in [0.2, 0.25) is 0 Å². The van der Waals surface area contributed by atoms with Crippen molar-refractivity contribution in [2.75, 3.05) is 0 Å². The molecule has 1 atom stereocenters. The average Bonchev–Trinajstić information content (AvgIpc) is 2.75. The van der Waals surface area contributed by atoms with Crippen molar-refractivity contribution in [2.24, 2.45) is 5.73 Å². The topological polar surface area (TPSA) is 38.9 Å². The van der Waals surface area contributed by atoms with Crippen LogP contribution in [0.4, 0.5) is 0 Å². The molecule has 0 saturated heterocycles. The molecule has 2 N–H and O–H groups in total. The lowest BCUT2D eigenvalue weighted by molar-refractivity contribution is 0.711. The molecule has 5 heteroatoms. The third-order valence-corrected chi connectivity index (χ3v) is 4.74. The second-order valence-electron chi connectivity index (χ2n) is 3.35. The highest BCUT2D eigenvalue weighted by Crippen LogP contribution is 2.23. The predicted molar refractivity (Wildman–Crippen MR) is 74.5 cm³/mol. The van der Waals surface area contributed by atoms with E-state index in [9.17, 15) is 0 Å². The highest BCUT2D eigenvalue weighted by Gasteiger charge is 2.10. The molecule has 2 aromatic rings. The van der Waals surface area contributed by atoms with Crippen LogP contribution in [0.2, 0.25) is 0 Å². The lowest BCUT2D eigenvalue weighted by Gasteiger charge is -2.06. The number of aryl methyl sites for hydroxylation is 1. The third kappa shape index (κ3) is 2.99. The summed E-state index contributed by atoms with van der Waals surface area (Å²) in [6, 6.07) is 2.22. The minimum absolute atomic E-state index is 0.0752. The van der Waals surface area contributed by atoms with E-state index in [0.29, 0.717) is 0 Å². The zero-order valence-corrected chi connectivity index (χ0v) is 12.0. The number of rotatable bonds is 3. The van der Waals surface area contributed by atoms with Gasteiger partial charge in [0, 0.05) is 17.8 Å². The monoisotopic (exact) mass is 350 g/mol. The lowest BCUT2D eigenvalue weighted by atomic mass is 10.1. The Morgan fingerprint density at radius 1 is 1.47 bits per heavy atom. The van der Waals surface area contributed by atoms with Gasteiger partial charge in [-0.15, -0.1) is 22.7 Å². The first kappa shape index (κ1) is 11.5. The van der Waals surface area contributed by atoms with Crippen molar-refractivity contribution in [2.45, 2.75) is 19.4 Å². The Hall–Kier alpha value is 0.0200. The summed E-state index contributed by atoms with van der Waals surface area (Å²) >= 11 is 5.74. The summed E-state index contributed by atoms with van der Waals surface area (Å²) in [4.78, 5) is 4.42. The van der Waals surface area contributed by atoms with E-state index >= 15 is 0 Å². The van der Waals surface area contributed by atoms with Gasteiger partial charge in [-0.2, -0.15) is 0 Å². The number of nitrogens with zero attached hydrogens (tertiary/aromatic N) is 1. The maximum Gasteiger partial charge on any atom is 0.0897 e. The fourth-order valence-electron chi connectivity index (χ4n) is 1.36. The maximum atomic E-state index is 6.12. The van der Waals surface area contributed by atoms with E-state index < -0.39 is 0 Å². The molecule has 2 aromatic heterocycles. The minimum atomic E-state index is 0.0752. The highest BCUT2D eigenvalue weighted by molar-refractivity contribution is 14.1. The van der Waals surface area contributed by atoms with Crippen LogP contribution >= 0.6 is 45.3 Å². The van der Waals surface area contributed by atoms with Crippen LogP contribution in [0.5, 0.6) is 0 Å². The highest BCUT2D eigenvalue weighted by atomic mass is 127. The van der Waals surface area contributed by atoms with E-state index in [1.165, 1.54) is 8.45 Å². The zero-order valence-electron chi connectivity index (χ0n) is 8.24. The summed E-state index contributed by atoms with van der Waals surface area (Å²) in [5.41, 5.74) is 8.44. The molecule has 0 spiro atoms. The first-order valence-corrected chi connectivity index (χ1v) is 7.39. The first-order chi connectivity index (χ1) is 7.15. The summed E-state index contributed by atoms with van der Waals surface area (Å²) in [5.74, 6) is 0. The Morgan fingerprint density at radius 3 is 2.80 bits per heavy atom. The van der Waals surface area contributed by atoms with Gasteiger partial charge < -0.3 is 5.73 Å². The number of halogens is 1. The summed E-state index contributed by atoms with van der Waals surface area (Å²) in [7, 11) is 0. The van der Waals surface area contributed by atoms with E-state index in [0.717, 1.165) is 17.1 Å². The van der Waals surface area contributed by atoms with Crippen molar-refractivity contribution in [1.29, 1.82) is 0 Å². The zero-order chi connectivity index (χ0) is 10.8. The predicted octanol–water partition coefficient (Wildman–Crippen LogP) is 3.36. The molecule has 15 heavy (non-hydrogen) atoms. The number of nitrogens with two attached hydrogens (primary N) is 1. The van der Waals surface area contributed by atoms with Crippen molar-refractivity contribution in [3.05, 3.63) is 36.0 Å². The van der Waals surface area contributed by atoms with Crippen molar-refractivity contribution >= 4 is 45.3 Å². The van der Waals surface area contributed by atoms with Crippen LogP contribution in [0.1, 0.15) is 22.3 Å². The van der Waals surface area contributed by atoms with Gasteiger partial charge in [0.1, 0.15) is 0 Å². The summed E-state index contributed by atoms with van der Waals surface area (Å²) in [6.45, 7) is 2.02. The molecule has 2 rings (SSSR count). The SMILES string of the molecule is Cc1nc(CC(N)c2csc(I)c2)cs1. The molecular weight excluding hydrogens is 339 g/mol. The van der Waals surface area contributed by atoms with Crippen LogP contribution in [0.15, 0.2) is 16.8 Å². The van der Waals surface area contributed by atoms with Crippen LogP contribution in [0.25, 0.3) is 0 Å². The Morgan fingerprint density at radius 2 is 2.27 bits per heavy atom.